The largest absolute Gasteiger partial charge is 0.493 e. The molecule has 0 unspecified atom stereocenters. The number of benzene rings is 1. The Morgan fingerprint density at radius 1 is 1.16 bits per heavy atom. The van der Waals surface area contributed by atoms with Gasteiger partial charge in [0.1, 0.15) is 0 Å². The van der Waals surface area contributed by atoms with Gasteiger partial charge in [0.05, 0.1) is 14.2 Å². The average Bonchev–Trinajstić information content (AvgIpc) is 2.48. The van der Waals surface area contributed by atoms with Crippen molar-refractivity contribution in [1.82, 2.24) is 10.6 Å². The fourth-order valence-corrected chi connectivity index (χ4v) is 2.48. The van der Waals surface area contributed by atoms with Crippen LogP contribution < -0.4 is 20.1 Å². The van der Waals surface area contributed by atoms with Gasteiger partial charge in [-0.2, -0.15) is 0 Å². The van der Waals surface area contributed by atoms with E-state index in [0.29, 0.717) is 6.04 Å². The van der Waals surface area contributed by atoms with Crippen molar-refractivity contribution in [3.05, 3.63) is 23.8 Å². The highest BCUT2D eigenvalue weighted by atomic mass is 16.5. The van der Waals surface area contributed by atoms with Crippen LogP contribution in [-0.4, -0.2) is 39.9 Å². The van der Waals surface area contributed by atoms with E-state index >= 15 is 0 Å². The summed E-state index contributed by atoms with van der Waals surface area (Å²) >= 11 is 0. The molecule has 4 heteroatoms. The van der Waals surface area contributed by atoms with Crippen molar-refractivity contribution in [3.63, 3.8) is 0 Å². The van der Waals surface area contributed by atoms with Gasteiger partial charge in [0.15, 0.2) is 11.5 Å². The molecule has 0 aliphatic carbocycles. The van der Waals surface area contributed by atoms with Gasteiger partial charge in [-0.25, -0.2) is 0 Å². The van der Waals surface area contributed by atoms with E-state index in [-0.39, 0.29) is 0 Å². The summed E-state index contributed by atoms with van der Waals surface area (Å²) in [6, 6.07) is 6.80. The van der Waals surface area contributed by atoms with E-state index in [2.05, 4.69) is 22.8 Å². The Morgan fingerprint density at radius 2 is 1.89 bits per heavy atom. The minimum Gasteiger partial charge on any atom is -0.493 e. The summed E-state index contributed by atoms with van der Waals surface area (Å²) in [5.41, 5.74) is 1.28. The normalized spacial score (nSPS) is 16.3. The number of hydrogen-bond acceptors (Lipinski definition) is 4. The average molecular weight is 264 g/mol. The smallest absolute Gasteiger partial charge is 0.160 e. The molecule has 0 bridgehead atoms. The van der Waals surface area contributed by atoms with Gasteiger partial charge in [-0.3, -0.25) is 0 Å². The second-order valence-electron chi connectivity index (χ2n) is 4.92. The van der Waals surface area contributed by atoms with E-state index < -0.39 is 0 Å². The van der Waals surface area contributed by atoms with Gasteiger partial charge in [0.2, 0.25) is 0 Å². The monoisotopic (exact) mass is 264 g/mol. The van der Waals surface area contributed by atoms with Crippen LogP contribution in [0.1, 0.15) is 18.4 Å². The van der Waals surface area contributed by atoms with Crippen LogP contribution in [0.2, 0.25) is 0 Å². The molecule has 0 spiro atoms. The van der Waals surface area contributed by atoms with Crippen molar-refractivity contribution in [1.29, 1.82) is 0 Å². The summed E-state index contributed by atoms with van der Waals surface area (Å²) in [5, 5.41) is 7.00. The molecule has 1 aliphatic rings. The lowest BCUT2D eigenvalue weighted by atomic mass is 10.1. The number of methoxy groups -OCH3 is 2. The van der Waals surface area contributed by atoms with E-state index in [9.17, 15) is 0 Å². The van der Waals surface area contributed by atoms with E-state index in [1.807, 2.05) is 6.07 Å². The predicted molar refractivity (Wildman–Crippen MR) is 77.1 cm³/mol. The summed E-state index contributed by atoms with van der Waals surface area (Å²) in [4.78, 5) is 0. The van der Waals surface area contributed by atoms with E-state index in [0.717, 1.165) is 37.6 Å². The molecule has 0 aromatic heterocycles. The van der Waals surface area contributed by atoms with Crippen molar-refractivity contribution >= 4 is 0 Å². The van der Waals surface area contributed by atoms with Crippen LogP contribution in [0.4, 0.5) is 0 Å². The fraction of sp³-hybridized carbons (Fsp3) is 0.600. The third kappa shape index (κ3) is 4.11. The van der Waals surface area contributed by atoms with Gasteiger partial charge >= 0.3 is 0 Å². The molecule has 1 aromatic carbocycles. The topological polar surface area (TPSA) is 42.5 Å². The van der Waals surface area contributed by atoms with Gasteiger partial charge in [0, 0.05) is 6.04 Å². The molecular weight excluding hydrogens is 240 g/mol. The first-order valence-corrected chi connectivity index (χ1v) is 6.98. The van der Waals surface area contributed by atoms with Crippen molar-refractivity contribution in [2.75, 3.05) is 33.9 Å². The molecule has 1 aromatic rings. The van der Waals surface area contributed by atoms with Gasteiger partial charge in [-0.05, 0) is 56.6 Å². The predicted octanol–water partition coefficient (Wildman–Crippen LogP) is 1.59. The second-order valence-corrected chi connectivity index (χ2v) is 4.92. The summed E-state index contributed by atoms with van der Waals surface area (Å²) < 4.78 is 10.6. The van der Waals surface area contributed by atoms with Crippen LogP contribution in [0.5, 0.6) is 11.5 Å². The molecule has 0 amide bonds. The maximum absolute atomic E-state index is 5.32. The van der Waals surface area contributed by atoms with Crippen LogP contribution in [-0.2, 0) is 6.42 Å². The zero-order chi connectivity index (χ0) is 13.5. The van der Waals surface area contributed by atoms with E-state index in [1.165, 1.54) is 18.4 Å². The fourth-order valence-electron chi connectivity index (χ4n) is 2.48. The highest BCUT2D eigenvalue weighted by Gasteiger charge is 2.11. The van der Waals surface area contributed by atoms with Gasteiger partial charge in [-0.15, -0.1) is 0 Å². The highest BCUT2D eigenvalue weighted by Crippen LogP contribution is 2.27. The van der Waals surface area contributed by atoms with Crippen molar-refractivity contribution in [3.8, 4) is 11.5 Å². The quantitative estimate of drug-likeness (QED) is 0.819. The lowest BCUT2D eigenvalue weighted by Gasteiger charge is -2.23. The zero-order valence-electron chi connectivity index (χ0n) is 11.9. The van der Waals surface area contributed by atoms with Crippen molar-refractivity contribution in [2.24, 2.45) is 0 Å². The first kappa shape index (κ1) is 14.2. The molecule has 2 N–H and O–H groups in total. The number of rotatable bonds is 6. The molecular formula is C15H24N2O2. The minimum absolute atomic E-state index is 0.668. The van der Waals surface area contributed by atoms with Crippen molar-refractivity contribution < 1.29 is 9.47 Å². The van der Waals surface area contributed by atoms with Crippen LogP contribution in [0.15, 0.2) is 18.2 Å². The Kier molecular flexibility index (Phi) is 5.48. The van der Waals surface area contributed by atoms with Crippen LogP contribution in [0.25, 0.3) is 0 Å². The second kappa shape index (κ2) is 7.36. The highest BCUT2D eigenvalue weighted by molar-refractivity contribution is 5.42. The van der Waals surface area contributed by atoms with Gasteiger partial charge in [-0.1, -0.05) is 6.07 Å². The van der Waals surface area contributed by atoms with E-state index in [4.69, 9.17) is 9.47 Å². The number of hydrogen-bond donors (Lipinski definition) is 2. The maximum atomic E-state index is 5.32. The molecule has 19 heavy (non-hydrogen) atoms. The molecule has 4 nitrogen and oxygen atoms in total. The molecule has 0 atom stereocenters. The third-order valence-electron chi connectivity index (χ3n) is 3.63. The van der Waals surface area contributed by atoms with Crippen LogP contribution >= 0.6 is 0 Å². The molecule has 2 rings (SSSR count). The Bertz CT molecular complexity index is 390. The molecule has 1 aliphatic heterocycles. The molecule has 0 radical (unpaired) electrons. The van der Waals surface area contributed by atoms with Crippen LogP contribution in [0.3, 0.4) is 0 Å². The lowest BCUT2D eigenvalue weighted by Crippen LogP contribution is -2.40. The first-order chi connectivity index (χ1) is 9.33. The summed E-state index contributed by atoms with van der Waals surface area (Å²) in [5.74, 6) is 1.60. The molecule has 106 valence electrons. The molecule has 0 saturated carbocycles. The summed E-state index contributed by atoms with van der Waals surface area (Å²) in [7, 11) is 3.34. The molecule has 1 heterocycles. The number of nitrogens with one attached hydrogen (secondary N) is 2. The zero-order valence-corrected chi connectivity index (χ0v) is 11.9. The minimum atomic E-state index is 0.668. The Morgan fingerprint density at radius 3 is 2.58 bits per heavy atom. The van der Waals surface area contributed by atoms with Gasteiger partial charge in [0.25, 0.3) is 0 Å². The SMILES string of the molecule is COc1ccc(CCNC2CCNCC2)cc1OC. The Labute approximate surface area is 115 Å². The van der Waals surface area contributed by atoms with Crippen LogP contribution in [0, 0.1) is 0 Å². The van der Waals surface area contributed by atoms with E-state index in [1.54, 1.807) is 14.2 Å². The third-order valence-corrected chi connectivity index (χ3v) is 3.63. The standard InChI is InChI=1S/C15H24N2O2/c1-18-14-4-3-12(11-15(14)19-2)5-10-17-13-6-8-16-9-7-13/h3-4,11,13,16-17H,5-10H2,1-2H3. The number of piperidine rings is 1. The lowest BCUT2D eigenvalue weighted by molar-refractivity contribution is 0.354. The molecule has 1 fully saturated rings. The summed E-state index contributed by atoms with van der Waals surface area (Å²) in [6.07, 6.45) is 3.47. The van der Waals surface area contributed by atoms with Crippen molar-refractivity contribution in [2.45, 2.75) is 25.3 Å². The number of ether oxygens (including phenoxy) is 2. The maximum Gasteiger partial charge on any atom is 0.160 e. The summed E-state index contributed by atoms with van der Waals surface area (Å²) in [6.45, 7) is 3.28. The Hall–Kier alpha value is -1.26. The first-order valence-electron chi connectivity index (χ1n) is 6.98. The molecule has 1 saturated heterocycles. The Balaban J connectivity index is 1.81. The van der Waals surface area contributed by atoms with Gasteiger partial charge < -0.3 is 20.1 Å².